The Balaban J connectivity index is 1.98. The lowest BCUT2D eigenvalue weighted by Gasteiger charge is -2.15. The molecular formula is C12H14ClFN2O. The topological polar surface area (TPSA) is 41.1 Å². The molecule has 0 aromatic heterocycles. The highest BCUT2D eigenvalue weighted by atomic mass is 35.5. The van der Waals surface area contributed by atoms with Crippen molar-refractivity contribution >= 4 is 23.2 Å². The van der Waals surface area contributed by atoms with Crippen LogP contribution in [0.5, 0.6) is 0 Å². The van der Waals surface area contributed by atoms with Crippen molar-refractivity contribution in [2.75, 3.05) is 5.32 Å². The summed E-state index contributed by atoms with van der Waals surface area (Å²) in [6.07, 6.45) is 2.06. The molecule has 1 saturated carbocycles. The molecule has 1 aromatic rings. The van der Waals surface area contributed by atoms with Gasteiger partial charge >= 0.3 is 0 Å². The number of rotatable bonds is 4. The SMILES string of the molecule is CC(Nc1cc(Cl)ccc1F)C(=O)NC1CC1. The lowest BCUT2D eigenvalue weighted by atomic mass is 10.2. The van der Waals surface area contributed by atoms with Gasteiger partial charge in [-0.15, -0.1) is 0 Å². The number of carbonyl (C=O) groups is 1. The highest BCUT2D eigenvalue weighted by Crippen LogP contribution is 2.21. The normalized spacial score (nSPS) is 16.4. The molecule has 3 nitrogen and oxygen atoms in total. The van der Waals surface area contributed by atoms with Gasteiger partial charge in [0.1, 0.15) is 11.9 Å². The molecule has 0 aliphatic heterocycles. The maximum absolute atomic E-state index is 13.4. The van der Waals surface area contributed by atoms with Gasteiger partial charge in [-0.25, -0.2) is 4.39 Å². The first kappa shape index (κ1) is 12.2. The zero-order valence-electron chi connectivity index (χ0n) is 9.47. The van der Waals surface area contributed by atoms with Gasteiger partial charge in [-0.3, -0.25) is 4.79 Å². The second kappa shape index (κ2) is 4.92. The Morgan fingerprint density at radius 3 is 2.88 bits per heavy atom. The van der Waals surface area contributed by atoms with Crippen molar-refractivity contribution in [3.63, 3.8) is 0 Å². The molecule has 2 N–H and O–H groups in total. The summed E-state index contributed by atoms with van der Waals surface area (Å²) >= 11 is 5.77. The molecule has 17 heavy (non-hydrogen) atoms. The molecule has 1 aromatic carbocycles. The van der Waals surface area contributed by atoms with Crippen LogP contribution in [-0.4, -0.2) is 18.0 Å². The first-order chi connectivity index (χ1) is 8.06. The van der Waals surface area contributed by atoms with E-state index in [2.05, 4.69) is 10.6 Å². The van der Waals surface area contributed by atoms with Crippen LogP contribution in [0.4, 0.5) is 10.1 Å². The van der Waals surface area contributed by atoms with Crippen LogP contribution in [0, 0.1) is 5.82 Å². The molecule has 0 saturated heterocycles. The molecule has 2 rings (SSSR count). The van der Waals surface area contributed by atoms with Crippen LogP contribution in [0.3, 0.4) is 0 Å². The van der Waals surface area contributed by atoms with Crippen LogP contribution in [-0.2, 0) is 4.79 Å². The highest BCUT2D eigenvalue weighted by Gasteiger charge is 2.25. The van der Waals surface area contributed by atoms with Gasteiger partial charge in [0.15, 0.2) is 0 Å². The molecule has 1 fully saturated rings. The molecule has 5 heteroatoms. The van der Waals surface area contributed by atoms with E-state index in [-0.39, 0.29) is 11.6 Å². The third-order valence-electron chi connectivity index (χ3n) is 2.62. The number of carbonyl (C=O) groups excluding carboxylic acids is 1. The predicted molar refractivity (Wildman–Crippen MR) is 65.7 cm³/mol. The average molecular weight is 257 g/mol. The van der Waals surface area contributed by atoms with Crippen LogP contribution < -0.4 is 10.6 Å². The van der Waals surface area contributed by atoms with Gasteiger partial charge in [-0.05, 0) is 38.0 Å². The Morgan fingerprint density at radius 2 is 2.24 bits per heavy atom. The van der Waals surface area contributed by atoms with Crippen molar-refractivity contribution in [3.05, 3.63) is 29.0 Å². The monoisotopic (exact) mass is 256 g/mol. The van der Waals surface area contributed by atoms with Gasteiger partial charge in [0.05, 0.1) is 5.69 Å². The van der Waals surface area contributed by atoms with Crippen molar-refractivity contribution in [1.29, 1.82) is 0 Å². The number of anilines is 1. The smallest absolute Gasteiger partial charge is 0.242 e. The lowest BCUT2D eigenvalue weighted by molar-refractivity contribution is -0.121. The molecule has 1 unspecified atom stereocenters. The van der Waals surface area contributed by atoms with E-state index in [4.69, 9.17) is 11.6 Å². The van der Waals surface area contributed by atoms with E-state index >= 15 is 0 Å². The van der Waals surface area contributed by atoms with Gasteiger partial charge in [-0.1, -0.05) is 11.6 Å². The van der Waals surface area contributed by atoms with Crippen LogP contribution in [0.2, 0.25) is 5.02 Å². The fraction of sp³-hybridized carbons (Fsp3) is 0.417. The summed E-state index contributed by atoms with van der Waals surface area (Å²) in [5.74, 6) is -0.535. The van der Waals surface area contributed by atoms with Gasteiger partial charge in [0.2, 0.25) is 5.91 Å². The van der Waals surface area contributed by atoms with Crippen LogP contribution in [0.25, 0.3) is 0 Å². The zero-order valence-corrected chi connectivity index (χ0v) is 10.2. The van der Waals surface area contributed by atoms with E-state index in [1.807, 2.05) is 0 Å². The molecular weight excluding hydrogens is 243 g/mol. The van der Waals surface area contributed by atoms with Gasteiger partial charge in [0, 0.05) is 11.1 Å². The summed E-state index contributed by atoms with van der Waals surface area (Å²) < 4.78 is 13.4. The molecule has 92 valence electrons. The number of halogens is 2. The fourth-order valence-electron chi connectivity index (χ4n) is 1.46. The first-order valence-electron chi connectivity index (χ1n) is 5.58. The zero-order chi connectivity index (χ0) is 12.4. The minimum absolute atomic E-state index is 0.119. The van der Waals surface area contributed by atoms with Gasteiger partial charge in [-0.2, -0.15) is 0 Å². The van der Waals surface area contributed by atoms with Crippen LogP contribution >= 0.6 is 11.6 Å². The Labute approximate surface area is 104 Å². The maximum atomic E-state index is 13.4. The van der Waals surface area contributed by atoms with Crippen molar-refractivity contribution in [2.45, 2.75) is 31.8 Å². The summed E-state index contributed by atoms with van der Waals surface area (Å²) in [6, 6.07) is 4.03. The molecule has 1 aliphatic carbocycles. The third kappa shape index (κ3) is 3.33. The highest BCUT2D eigenvalue weighted by molar-refractivity contribution is 6.30. The van der Waals surface area contributed by atoms with Crippen LogP contribution in [0.1, 0.15) is 19.8 Å². The first-order valence-corrected chi connectivity index (χ1v) is 5.96. The fourth-order valence-corrected chi connectivity index (χ4v) is 1.63. The molecule has 0 heterocycles. The standard InChI is InChI=1S/C12H14ClFN2O/c1-7(12(17)16-9-3-4-9)15-11-6-8(13)2-5-10(11)14/h2,5-7,9,15H,3-4H2,1H3,(H,16,17). The van der Waals surface area contributed by atoms with E-state index < -0.39 is 11.9 Å². The minimum Gasteiger partial charge on any atom is -0.371 e. The van der Waals surface area contributed by atoms with Crippen molar-refractivity contribution in [1.82, 2.24) is 5.32 Å². The number of benzene rings is 1. The Hall–Kier alpha value is -1.29. The van der Waals surface area contributed by atoms with E-state index in [0.29, 0.717) is 11.1 Å². The van der Waals surface area contributed by atoms with Crippen molar-refractivity contribution < 1.29 is 9.18 Å². The number of amides is 1. The van der Waals surface area contributed by atoms with E-state index in [9.17, 15) is 9.18 Å². The lowest BCUT2D eigenvalue weighted by Crippen LogP contribution is -2.38. The molecule has 1 atom stereocenters. The van der Waals surface area contributed by atoms with Crippen molar-refractivity contribution in [2.24, 2.45) is 0 Å². The second-order valence-electron chi connectivity index (χ2n) is 4.27. The second-order valence-corrected chi connectivity index (χ2v) is 4.71. The Kier molecular flexibility index (Phi) is 3.52. The largest absolute Gasteiger partial charge is 0.371 e. The number of hydrogen-bond acceptors (Lipinski definition) is 2. The molecule has 0 spiro atoms. The Morgan fingerprint density at radius 1 is 1.53 bits per heavy atom. The van der Waals surface area contributed by atoms with E-state index in [0.717, 1.165) is 12.8 Å². The van der Waals surface area contributed by atoms with Gasteiger partial charge < -0.3 is 10.6 Å². The van der Waals surface area contributed by atoms with Crippen LogP contribution in [0.15, 0.2) is 18.2 Å². The Bertz CT molecular complexity index is 435. The summed E-state index contributed by atoms with van der Waals surface area (Å²) in [6.45, 7) is 1.69. The summed E-state index contributed by atoms with van der Waals surface area (Å²) in [5, 5.41) is 6.10. The maximum Gasteiger partial charge on any atom is 0.242 e. The summed E-state index contributed by atoms with van der Waals surface area (Å²) in [5.41, 5.74) is 0.246. The van der Waals surface area contributed by atoms with E-state index in [1.165, 1.54) is 18.2 Å². The quantitative estimate of drug-likeness (QED) is 0.869. The van der Waals surface area contributed by atoms with Gasteiger partial charge in [0.25, 0.3) is 0 Å². The minimum atomic E-state index is -0.483. The molecule has 0 bridgehead atoms. The predicted octanol–water partition coefficient (Wildman–Crippen LogP) is 2.56. The molecule has 1 aliphatic rings. The molecule has 1 amide bonds. The number of hydrogen-bond donors (Lipinski definition) is 2. The summed E-state index contributed by atoms with van der Waals surface area (Å²) in [4.78, 5) is 11.7. The van der Waals surface area contributed by atoms with Crippen molar-refractivity contribution in [3.8, 4) is 0 Å². The van der Waals surface area contributed by atoms with E-state index in [1.54, 1.807) is 6.92 Å². The number of nitrogens with one attached hydrogen (secondary N) is 2. The summed E-state index contributed by atoms with van der Waals surface area (Å²) in [7, 11) is 0. The average Bonchev–Trinajstić information content (AvgIpc) is 3.07. The molecule has 0 radical (unpaired) electrons. The third-order valence-corrected chi connectivity index (χ3v) is 2.85.